The van der Waals surface area contributed by atoms with E-state index in [4.69, 9.17) is 0 Å². The average Bonchev–Trinajstić information content (AvgIpc) is 2.19. The molecular weight excluding hydrogens is 158 g/mol. The van der Waals surface area contributed by atoms with E-state index >= 15 is 0 Å². The Labute approximate surface area is 81.2 Å². The molecule has 1 unspecified atom stereocenters. The fourth-order valence-electron chi connectivity index (χ4n) is 1.63. The third-order valence-electron chi connectivity index (χ3n) is 2.68. The molecule has 0 fully saturated rings. The van der Waals surface area contributed by atoms with Crippen molar-refractivity contribution < 1.29 is 0 Å². The summed E-state index contributed by atoms with van der Waals surface area (Å²) in [5, 5.41) is 3.52. The summed E-state index contributed by atoms with van der Waals surface area (Å²) in [5.74, 6) is 0. The SMILES string of the molecule is CCNC(C)(CC)c1ccccc1. The van der Waals surface area contributed by atoms with Gasteiger partial charge in [-0.2, -0.15) is 0 Å². The smallest absolute Gasteiger partial charge is 0.0403 e. The summed E-state index contributed by atoms with van der Waals surface area (Å²) in [7, 11) is 0. The van der Waals surface area contributed by atoms with E-state index in [0.717, 1.165) is 13.0 Å². The van der Waals surface area contributed by atoms with Crippen LogP contribution in [0.25, 0.3) is 0 Å². The van der Waals surface area contributed by atoms with Crippen LogP contribution < -0.4 is 5.32 Å². The topological polar surface area (TPSA) is 12.0 Å². The minimum atomic E-state index is 0.135. The van der Waals surface area contributed by atoms with Crippen LogP contribution in [0.5, 0.6) is 0 Å². The van der Waals surface area contributed by atoms with Gasteiger partial charge >= 0.3 is 0 Å². The lowest BCUT2D eigenvalue weighted by molar-refractivity contribution is 0.363. The summed E-state index contributed by atoms with van der Waals surface area (Å²) in [6.07, 6.45) is 1.12. The first kappa shape index (κ1) is 10.3. The van der Waals surface area contributed by atoms with E-state index in [0.29, 0.717) is 0 Å². The number of hydrogen-bond donors (Lipinski definition) is 1. The lowest BCUT2D eigenvalue weighted by Gasteiger charge is -2.29. The second-order valence-corrected chi connectivity index (χ2v) is 3.58. The average molecular weight is 177 g/mol. The van der Waals surface area contributed by atoms with Crippen LogP contribution in [0.1, 0.15) is 32.8 Å². The Morgan fingerprint density at radius 2 is 1.77 bits per heavy atom. The van der Waals surface area contributed by atoms with Gasteiger partial charge in [0.15, 0.2) is 0 Å². The van der Waals surface area contributed by atoms with Gasteiger partial charge in [0.05, 0.1) is 0 Å². The third kappa shape index (κ3) is 2.31. The van der Waals surface area contributed by atoms with Gasteiger partial charge in [-0.25, -0.2) is 0 Å². The molecule has 1 aromatic carbocycles. The van der Waals surface area contributed by atoms with Crippen molar-refractivity contribution >= 4 is 0 Å². The predicted octanol–water partition coefficient (Wildman–Crippen LogP) is 2.92. The maximum absolute atomic E-state index is 3.52. The Kier molecular flexibility index (Phi) is 3.49. The van der Waals surface area contributed by atoms with Crippen molar-refractivity contribution in [3.05, 3.63) is 35.9 Å². The highest BCUT2D eigenvalue weighted by Gasteiger charge is 2.21. The first-order valence-electron chi connectivity index (χ1n) is 5.03. The molecule has 0 bridgehead atoms. The minimum absolute atomic E-state index is 0.135. The van der Waals surface area contributed by atoms with Crippen molar-refractivity contribution in [3.8, 4) is 0 Å². The molecule has 1 aromatic rings. The molecule has 0 radical (unpaired) electrons. The molecule has 0 heterocycles. The lowest BCUT2D eigenvalue weighted by Crippen LogP contribution is -2.38. The molecule has 13 heavy (non-hydrogen) atoms. The normalized spacial score (nSPS) is 15.3. The predicted molar refractivity (Wildman–Crippen MR) is 57.8 cm³/mol. The molecule has 0 spiro atoms. The van der Waals surface area contributed by atoms with E-state index < -0.39 is 0 Å². The zero-order chi connectivity index (χ0) is 9.73. The fraction of sp³-hybridized carbons (Fsp3) is 0.500. The van der Waals surface area contributed by atoms with Crippen molar-refractivity contribution in [1.29, 1.82) is 0 Å². The van der Waals surface area contributed by atoms with Gasteiger partial charge in [0.1, 0.15) is 0 Å². The molecule has 0 saturated carbocycles. The Morgan fingerprint density at radius 3 is 2.23 bits per heavy atom. The summed E-state index contributed by atoms with van der Waals surface area (Å²) in [5.41, 5.74) is 1.51. The van der Waals surface area contributed by atoms with Gasteiger partial charge in [-0.05, 0) is 25.5 Å². The number of benzene rings is 1. The van der Waals surface area contributed by atoms with E-state index in [1.807, 2.05) is 0 Å². The zero-order valence-electron chi connectivity index (χ0n) is 8.80. The molecule has 72 valence electrons. The van der Waals surface area contributed by atoms with E-state index in [2.05, 4.69) is 56.4 Å². The van der Waals surface area contributed by atoms with E-state index in [1.54, 1.807) is 0 Å². The quantitative estimate of drug-likeness (QED) is 0.745. The molecule has 1 rings (SSSR count). The highest BCUT2D eigenvalue weighted by molar-refractivity contribution is 5.23. The Morgan fingerprint density at radius 1 is 1.15 bits per heavy atom. The van der Waals surface area contributed by atoms with Crippen molar-refractivity contribution in [1.82, 2.24) is 5.32 Å². The molecule has 0 aliphatic rings. The zero-order valence-corrected chi connectivity index (χ0v) is 8.80. The molecule has 1 atom stereocenters. The molecular formula is C12H19N. The van der Waals surface area contributed by atoms with Gasteiger partial charge in [0.2, 0.25) is 0 Å². The fourth-order valence-corrected chi connectivity index (χ4v) is 1.63. The van der Waals surface area contributed by atoms with Crippen LogP contribution >= 0.6 is 0 Å². The maximum Gasteiger partial charge on any atom is 0.0403 e. The van der Waals surface area contributed by atoms with Crippen LogP contribution in [0.3, 0.4) is 0 Å². The Bertz CT molecular complexity index is 243. The minimum Gasteiger partial charge on any atom is -0.308 e. The maximum atomic E-state index is 3.52. The van der Waals surface area contributed by atoms with Gasteiger partial charge in [0.25, 0.3) is 0 Å². The third-order valence-corrected chi connectivity index (χ3v) is 2.68. The molecule has 0 aliphatic carbocycles. The highest BCUT2D eigenvalue weighted by Crippen LogP contribution is 2.23. The second-order valence-electron chi connectivity index (χ2n) is 3.58. The second kappa shape index (κ2) is 4.43. The molecule has 1 nitrogen and oxygen atoms in total. The van der Waals surface area contributed by atoms with Crippen LogP contribution in [0.2, 0.25) is 0 Å². The summed E-state index contributed by atoms with van der Waals surface area (Å²) in [6, 6.07) is 10.6. The number of hydrogen-bond acceptors (Lipinski definition) is 1. The lowest BCUT2D eigenvalue weighted by atomic mass is 9.89. The number of nitrogens with one attached hydrogen (secondary N) is 1. The van der Waals surface area contributed by atoms with Crippen molar-refractivity contribution in [2.24, 2.45) is 0 Å². The van der Waals surface area contributed by atoms with Crippen LogP contribution in [0, 0.1) is 0 Å². The molecule has 0 aromatic heterocycles. The molecule has 0 saturated heterocycles. The standard InChI is InChI=1S/C12H19N/c1-4-12(3,13-5-2)11-9-7-6-8-10-11/h6-10,13H,4-5H2,1-3H3. The van der Waals surface area contributed by atoms with Gasteiger partial charge in [0, 0.05) is 5.54 Å². The van der Waals surface area contributed by atoms with Gasteiger partial charge < -0.3 is 5.32 Å². The van der Waals surface area contributed by atoms with Crippen LogP contribution in [0.15, 0.2) is 30.3 Å². The summed E-state index contributed by atoms with van der Waals surface area (Å²) in [6.45, 7) is 7.64. The molecule has 0 aliphatic heterocycles. The van der Waals surface area contributed by atoms with Crippen LogP contribution in [-0.4, -0.2) is 6.54 Å². The molecule has 1 heteroatoms. The summed E-state index contributed by atoms with van der Waals surface area (Å²) in [4.78, 5) is 0. The largest absolute Gasteiger partial charge is 0.308 e. The Hall–Kier alpha value is -0.820. The van der Waals surface area contributed by atoms with Gasteiger partial charge in [-0.1, -0.05) is 44.2 Å². The van der Waals surface area contributed by atoms with Crippen LogP contribution in [0.4, 0.5) is 0 Å². The van der Waals surface area contributed by atoms with Crippen molar-refractivity contribution in [3.63, 3.8) is 0 Å². The molecule has 0 amide bonds. The van der Waals surface area contributed by atoms with E-state index in [9.17, 15) is 0 Å². The summed E-state index contributed by atoms with van der Waals surface area (Å²) < 4.78 is 0. The number of rotatable bonds is 4. The first-order valence-corrected chi connectivity index (χ1v) is 5.03. The van der Waals surface area contributed by atoms with Gasteiger partial charge in [-0.3, -0.25) is 0 Å². The van der Waals surface area contributed by atoms with E-state index in [1.165, 1.54) is 5.56 Å². The first-order chi connectivity index (χ1) is 6.23. The molecule has 1 N–H and O–H groups in total. The highest BCUT2D eigenvalue weighted by atomic mass is 15.0. The summed E-state index contributed by atoms with van der Waals surface area (Å²) >= 11 is 0. The van der Waals surface area contributed by atoms with E-state index in [-0.39, 0.29) is 5.54 Å². The van der Waals surface area contributed by atoms with Gasteiger partial charge in [-0.15, -0.1) is 0 Å². The monoisotopic (exact) mass is 177 g/mol. The van der Waals surface area contributed by atoms with Crippen molar-refractivity contribution in [2.45, 2.75) is 32.7 Å². The van der Waals surface area contributed by atoms with Crippen LogP contribution in [-0.2, 0) is 5.54 Å². The van der Waals surface area contributed by atoms with Crippen molar-refractivity contribution in [2.75, 3.05) is 6.54 Å². The Balaban J connectivity index is 2.89.